The van der Waals surface area contributed by atoms with Crippen LogP contribution in [0.4, 0.5) is 0 Å². The van der Waals surface area contributed by atoms with Crippen LogP contribution in [0.15, 0.2) is 30.3 Å². The minimum atomic E-state index is -0.479. The first-order valence-electron chi connectivity index (χ1n) is 6.63. The van der Waals surface area contributed by atoms with Crippen LogP contribution >= 0.6 is 0 Å². The van der Waals surface area contributed by atoms with Crippen molar-refractivity contribution >= 4 is 11.8 Å². The molecule has 4 heteroatoms. The molecule has 0 bridgehead atoms. The molecular weight excluding hydrogens is 264 g/mol. The van der Waals surface area contributed by atoms with Gasteiger partial charge in [0.15, 0.2) is 0 Å². The second-order valence-corrected chi connectivity index (χ2v) is 5.17. The van der Waals surface area contributed by atoms with Gasteiger partial charge in [0.2, 0.25) is 11.8 Å². The minimum Gasteiger partial charge on any atom is -0.366 e. The third-order valence-corrected chi connectivity index (χ3v) is 3.89. The second-order valence-electron chi connectivity index (χ2n) is 5.17. The summed E-state index contributed by atoms with van der Waals surface area (Å²) >= 11 is 0. The highest BCUT2D eigenvalue weighted by molar-refractivity contribution is 6.02. The molecule has 0 spiro atoms. The normalized spacial score (nSPS) is 10.4. The lowest BCUT2D eigenvalue weighted by Crippen LogP contribution is -2.15. The van der Waals surface area contributed by atoms with Crippen LogP contribution in [-0.2, 0) is 0 Å². The lowest BCUT2D eigenvalue weighted by molar-refractivity contribution is 0.0991. The summed E-state index contributed by atoms with van der Waals surface area (Å²) in [5.41, 5.74) is 16.4. The van der Waals surface area contributed by atoms with Crippen LogP contribution < -0.4 is 11.5 Å². The summed E-state index contributed by atoms with van der Waals surface area (Å²) in [6, 6.07) is 8.79. The van der Waals surface area contributed by atoms with E-state index < -0.39 is 11.8 Å². The Balaban J connectivity index is 2.68. The zero-order chi connectivity index (χ0) is 15.7. The quantitative estimate of drug-likeness (QED) is 0.906. The van der Waals surface area contributed by atoms with Crippen LogP contribution in [0.5, 0.6) is 0 Å². The van der Waals surface area contributed by atoms with E-state index in [4.69, 9.17) is 11.5 Å². The molecule has 0 radical (unpaired) electrons. The van der Waals surface area contributed by atoms with Crippen molar-refractivity contribution < 1.29 is 9.59 Å². The van der Waals surface area contributed by atoms with Crippen molar-refractivity contribution in [3.05, 3.63) is 58.1 Å². The van der Waals surface area contributed by atoms with Gasteiger partial charge in [0, 0.05) is 5.56 Å². The highest BCUT2D eigenvalue weighted by atomic mass is 16.1. The van der Waals surface area contributed by atoms with E-state index in [0.29, 0.717) is 11.1 Å². The van der Waals surface area contributed by atoms with Crippen molar-refractivity contribution in [1.82, 2.24) is 0 Å². The Labute approximate surface area is 123 Å². The van der Waals surface area contributed by atoms with Crippen molar-refractivity contribution in [1.29, 1.82) is 0 Å². The lowest BCUT2D eigenvalue weighted by atomic mass is 9.89. The maximum atomic E-state index is 11.8. The van der Waals surface area contributed by atoms with Gasteiger partial charge >= 0.3 is 0 Å². The topological polar surface area (TPSA) is 86.2 Å². The summed E-state index contributed by atoms with van der Waals surface area (Å²) in [6.07, 6.45) is 0. The van der Waals surface area contributed by atoms with E-state index in [1.165, 1.54) is 0 Å². The van der Waals surface area contributed by atoms with Gasteiger partial charge in [-0.1, -0.05) is 18.2 Å². The molecule has 0 aliphatic rings. The molecule has 2 amide bonds. The number of carbonyl (C=O) groups excluding carboxylic acids is 2. The predicted octanol–water partition coefficient (Wildman–Crippen LogP) is 2.48. The van der Waals surface area contributed by atoms with Crippen molar-refractivity contribution in [2.45, 2.75) is 20.8 Å². The Kier molecular flexibility index (Phi) is 3.80. The van der Waals surface area contributed by atoms with Gasteiger partial charge in [-0.15, -0.1) is 0 Å². The molecule has 2 rings (SSSR count). The van der Waals surface area contributed by atoms with E-state index in [0.717, 1.165) is 27.8 Å². The van der Waals surface area contributed by atoms with Crippen LogP contribution in [0.1, 0.15) is 37.4 Å². The lowest BCUT2D eigenvalue weighted by Gasteiger charge is -2.15. The molecule has 0 unspecified atom stereocenters. The van der Waals surface area contributed by atoms with Crippen LogP contribution in [0.3, 0.4) is 0 Å². The van der Waals surface area contributed by atoms with Crippen molar-refractivity contribution in [2.24, 2.45) is 11.5 Å². The Bertz CT molecular complexity index is 731. The largest absolute Gasteiger partial charge is 0.366 e. The van der Waals surface area contributed by atoms with E-state index in [9.17, 15) is 9.59 Å². The molecule has 0 aliphatic heterocycles. The Morgan fingerprint density at radius 2 is 1.43 bits per heavy atom. The third kappa shape index (κ3) is 2.65. The molecule has 0 aromatic heterocycles. The summed E-state index contributed by atoms with van der Waals surface area (Å²) in [4.78, 5) is 22.9. The first-order valence-corrected chi connectivity index (χ1v) is 6.63. The van der Waals surface area contributed by atoms with Gasteiger partial charge in [0.05, 0.1) is 5.56 Å². The van der Waals surface area contributed by atoms with Gasteiger partial charge in [0.25, 0.3) is 0 Å². The molecule has 4 nitrogen and oxygen atoms in total. The van der Waals surface area contributed by atoms with Gasteiger partial charge in [-0.25, -0.2) is 0 Å². The van der Waals surface area contributed by atoms with Crippen LogP contribution in [-0.4, -0.2) is 11.8 Å². The molecule has 0 saturated carbocycles. The minimum absolute atomic E-state index is 0.430. The van der Waals surface area contributed by atoms with Crippen LogP contribution in [0.2, 0.25) is 0 Å². The number of benzene rings is 2. The van der Waals surface area contributed by atoms with Gasteiger partial charge in [0.1, 0.15) is 0 Å². The number of primary amides is 2. The second kappa shape index (κ2) is 5.40. The Hall–Kier alpha value is -2.62. The predicted molar refractivity (Wildman–Crippen MR) is 83.1 cm³/mol. The molecule has 2 aromatic rings. The molecule has 21 heavy (non-hydrogen) atoms. The maximum absolute atomic E-state index is 11.8. The number of amides is 2. The standard InChI is InChI=1S/C17H18N2O2/c1-9-8-14(15(17(19)21)11(3)10(9)2)12-4-6-13(7-5-12)16(18)20/h4-8H,1-3H3,(H2,18,20)(H2,19,21). The van der Waals surface area contributed by atoms with E-state index >= 15 is 0 Å². The molecule has 2 aromatic carbocycles. The zero-order valence-electron chi connectivity index (χ0n) is 12.4. The highest BCUT2D eigenvalue weighted by Gasteiger charge is 2.16. The van der Waals surface area contributed by atoms with Crippen molar-refractivity contribution in [2.75, 3.05) is 0 Å². The third-order valence-electron chi connectivity index (χ3n) is 3.89. The summed E-state index contributed by atoms with van der Waals surface area (Å²) < 4.78 is 0. The number of hydrogen-bond acceptors (Lipinski definition) is 2. The first kappa shape index (κ1) is 14.8. The van der Waals surface area contributed by atoms with Crippen molar-refractivity contribution in [3.8, 4) is 11.1 Å². The Morgan fingerprint density at radius 3 is 1.90 bits per heavy atom. The molecular formula is C17H18N2O2. The Morgan fingerprint density at radius 1 is 0.857 bits per heavy atom. The van der Waals surface area contributed by atoms with Crippen LogP contribution in [0, 0.1) is 20.8 Å². The summed E-state index contributed by atoms with van der Waals surface area (Å²) in [5, 5.41) is 0. The molecule has 0 heterocycles. The van der Waals surface area contributed by atoms with Crippen molar-refractivity contribution in [3.63, 3.8) is 0 Å². The SMILES string of the molecule is Cc1cc(-c2ccc(C(N)=O)cc2)c(C(N)=O)c(C)c1C. The monoisotopic (exact) mass is 282 g/mol. The average Bonchev–Trinajstić information content (AvgIpc) is 2.44. The van der Waals surface area contributed by atoms with Gasteiger partial charge in [-0.05, 0) is 60.7 Å². The molecule has 0 aliphatic carbocycles. The maximum Gasteiger partial charge on any atom is 0.249 e. The molecule has 0 fully saturated rings. The highest BCUT2D eigenvalue weighted by Crippen LogP contribution is 2.30. The smallest absolute Gasteiger partial charge is 0.249 e. The average molecular weight is 282 g/mol. The molecule has 4 N–H and O–H groups in total. The number of rotatable bonds is 3. The fourth-order valence-electron chi connectivity index (χ4n) is 2.44. The summed E-state index contributed by atoms with van der Waals surface area (Å²) in [5.74, 6) is -0.933. The number of carbonyl (C=O) groups is 2. The molecule has 0 saturated heterocycles. The van der Waals surface area contributed by atoms with E-state index in [1.54, 1.807) is 24.3 Å². The van der Waals surface area contributed by atoms with Gasteiger partial charge < -0.3 is 11.5 Å². The fourth-order valence-corrected chi connectivity index (χ4v) is 2.44. The van der Waals surface area contributed by atoms with E-state index in [-0.39, 0.29) is 0 Å². The zero-order valence-corrected chi connectivity index (χ0v) is 12.4. The first-order chi connectivity index (χ1) is 9.82. The molecule has 108 valence electrons. The number of nitrogens with two attached hydrogens (primary N) is 2. The van der Waals surface area contributed by atoms with Gasteiger partial charge in [-0.3, -0.25) is 9.59 Å². The van der Waals surface area contributed by atoms with Gasteiger partial charge in [-0.2, -0.15) is 0 Å². The fraction of sp³-hybridized carbons (Fsp3) is 0.176. The number of hydrogen-bond donors (Lipinski definition) is 2. The molecule has 0 atom stereocenters. The number of aryl methyl sites for hydroxylation is 1. The summed E-state index contributed by atoms with van der Waals surface area (Å²) in [6.45, 7) is 5.86. The van der Waals surface area contributed by atoms with E-state index in [2.05, 4.69) is 0 Å². The van der Waals surface area contributed by atoms with Crippen LogP contribution in [0.25, 0.3) is 11.1 Å². The van der Waals surface area contributed by atoms with E-state index in [1.807, 2.05) is 26.8 Å². The summed E-state index contributed by atoms with van der Waals surface area (Å²) in [7, 11) is 0.